The summed E-state index contributed by atoms with van der Waals surface area (Å²) < 4.78 is 0.868. The van der Waals surface area contributed by atoms with E-state index in [0.29, 0.717) is 31.5 Å². The molecule has 0 fully saturated rings. The number of hydrogen-bond acceptors (Lipinski definition) is 5. The predicted octanol–water partition coefficient (Wildman–Crippen LogP) is 1.02. The van der Waals surface area contributed by atoms with E-state index in [1.54, 1.807) is 30.5 Å². The van der Waals surface area contributed by atoms with Gasteiger partial charge < -0.3 is 0 Å². The van der Waals surface area contributed by atoms with Crippen LogP contribution in [0.15, 0.2) is 36.5 Å². The molecule has 2 N–H and O–H groups in total. The first-order chi connectivity index (χ1) is 9.10. The number of pyridine rings is 1. The predicted molar refractivity (Wildman–Crippen MR) is 71.9 cm³/mol. The summed E-state index contributed by atoms with van der Waals surface area (Å²) in [6, 6.07) is 8.51. The van der Waals surface area contributed by atoms with Crippen molar-refractivity contribution >= 4 is 46.1 Å². The second-order valence-electron chi connectivity index (χ2n) is 3.83. The second kappa shape index (κ2) is 6.06. The van der Waals surface area contributed by atoms with Gasteiger partial charge in [0.15, 0.2) is 0 Å². The van der Waals surface area contributed by atoms with Crippen LogP contribution in [0.3, 0.4) is 0 Å². The fourth-order valence-corrected chi connectivity index (χ4v) is 2.30. The van der Waals surface area contributed by atoms with Gasteiger partial charge in [-0.05, 0) is 0 Å². The molecule has 1 aromatic carbocycles. The van der Waals surface area contributed by atoms with E-state index in [1.807, 2.05) is 0 Å². The Hall–Kier alpha value is -1.55. The van der Waals surface area contributed by atoms with Crippen molar-refractivity contribution in [2.24, 2.45) is 0 Å². The van der Waals surface area contributed by atoms with Crippen molar-refractivity contribution < 1.29 is 10.0 Å². The molecule has 7 heteroatoms. The number of aromatic nitrogens is 1. The van der Waals surface area contributed by atoms with Crippen molar-refractivity contribution in [3.63, 3.8) is 0 Å². The standard InChI is InChI=1S/C12H10N3O3.Pb/c16-8-9-3-5-10(6-4-9)14-12-11(15(17)18)2-1-7-13-12;/h2-7,16H,8H2,(H,13,14);. The molecule has 95 valence electrons. The fourth-order valence-electron chi connectivity index (χ4n) is 1.52. The maximum absolute atomic E-state index is 11.0. The fraction of sp³-hybridized carbons (Fsp3) is 0.0833. The van der Waals surface area contributed by atoms with Gasteiger partial charge >= 0.3 is 125 Å². The van der Waals surface area contributed by atoms with E-state index in [-0.39, 0.29) is 18.1 Å². The molecule has 2 aromatic rings. The number of aliphatic hydroxyl groups excluding tert-OH is 1. The van der Waals surface area contributed by atoms with Crippen LogP contribution in [0.25, 0.3) is 0 Å². The van der Waals surface area contributed by atoms with Crippen molar-refractivity contribution in [2.75, 3.05) is 5.32 Å². The number of aliphatic hydroxyl groups is 1. The molecule has 3 radical (unpaired) electrons. The zero-order valence-electron chi connectivity index (χ0n) is 9.83. The number of nitro groups is 1. The average molecular weight is 451 g/mol. The molecule has 0 saturated carbocycles. The second-order valence-corrected chi connectivity index (χ2v) is 6.07. The van der Waals surface area contributed by atoms with Crippen molar-refractivity contribution in [1.82, 2.24) is 4.98 Å². The van der Waals surface area contributed by atoms with Crippen LogP contribution in [0.4, 0.5) is 17.2 Å². The molecule has 0 aliphatic heterocycles. The molecule has 1 aromatic heterocycles. The monoisotopic (exact) mass is 452 g/mol. The Morgan fingerprint density at radius 1 is 1.37 bits per heavy atom. The average Bonchev–Trinajstić information content (AvgIpc) is 2.41. The van der Waals surface area contributed by atoms with E-state index in [0.717, 1.165) is 8.69 Å². The van der Waals surface area contributed by atoms with Crippen LogP contribution >= 0.6 is 0 Å². The first-order valence-corrected chi connectivity index (χ1v) is 7.37. The first-order valence-electron chi connectivity index (χ1n) is 5.43. The molecule has 0 atom stereocenters. The summed E-state index contributed by atoms with van der Waals surface area (Å²) >= 11 is 0.715. The minimum atomic E-state index is -0.446. The summed E-state index contributed by atoms with van der Waals surface area (Å²) in [7, 11) is 0. The van der Waals surface area contributed by atoms with Crippen LogP contribution in [0.1, 0.15) is 5.56 Å². The van der Waals surface area contributed by atoms with Gasteiger partial charge in [0, 0.05) is 0 Å². The van der Waals surface area contributed by atoms with Crippen molar-refractivity contribution in [3.8, 4) is 0 Å². The summed E-state index contributed by atoms with van der Waals surface area (Å²) in [5.74, 6) is 0.223. The summed E-state index contributed by atoms with van der Waals surface area (Å²) in [5, 5.41) is 22.8. The Balaban J connectivity index is 2.29. The van der Waals surface area contributed by atoms with Gasteiger partial charge in [0.25, 0.3) is 0 Å². The zero-order valence-corrected chi connectivity index (χ0v) is 13.7. The molecule has 0 unspecified atom stereocenters. The molecule has 1 heterocycles. The summed E-state index contributed by atoms with van der Waals surface area (Å²) in [6.07, 6.45) is 1.63. The van der Waals surface area contributed by atoms with Gasteiger partial charge in [-0.2, -0.15) is 0 Å². The number of rotatable bonds is 4. The number of nitrogens with zero attached hydrogens (tertiary/aromatic N) is 2. The van der Waals surface area contributed by atoms with Gasteiger partial charge in [-0.25, -0.2) is 0 Å². The normalized spacial score (nSPS) is 10.2. The summed E-state index contributed by atoms with van der Waals surface area (Å²) in [5.41, 5.74) is 1.44. The van der Waals surface area contributed by atoms with Crippen molar-refractivity contribution in [3.05, 3.63) is 52.2 Å². The molecule has 0 aliphatic rings. The Morgan fingerprint density at radius 3 is 2.63 bits per heavy atom. The molecule has 0 saturated heterocycles. The Labute approximate surface area is 125 Å². The molecule has 0 aliphatic carbocycles. The van der Waals surface area contributed by atoms with E-state index < -0.39 is 4.92 Å². The Bertz CT molecular complexity index is 602. The molecule has 0 amide bonds. The van der Waals surface area contributed by atoms with Gasteiger partial charge in [0.2, 0.25) is 0 Å². The van der Waals surface area contributed by atoms with Gasteiger partial charge in [-0.1, -0.05) is 0 Å². The van der Waals surface area contributed by atoms with Crippen LogP contribution in [-0.4, -0.2) is 40.8 Å². The summed E-state index contributed by atoms with van der Waals surface area (Å²) in [4.78, 5) is 14.6. The minimum absolute atomic E-state index is 0.0289. The third-order valence-electron chi connectivity index (χ3n) is 2.46. The zero-order chi connectivity index (χ0) is 13.8. The topological polar surface area (TPSA) is 88.3 Å². The van der Waals surface area contributed by atoms with Crippen LogP contribution in [0.5, 0.6) is 0 Å². The van der Waals surface area contributed by atoms with Crippen molar-refractivity contribution in [1.29, 1.82) is 0 Å². The van der Waals surface area contributed by atoms with Crippen LogP contribution in [0, 0.1) is 10.1 Å². The van der Waals surface area contributed by atoms with Gasteiger partial charge in [0.05, 0.1) is 0 Å². The number of anilines is 2. The van der Waals surface area contributed by atoms with E-state index in [1.165, 1.54) is 6.07 Å². The molecule has 0 bridgehead atoms. The molecular formula is C12H10N3O3Pb. The Kier molecular flexibility index (Phi) is 4.43. The molecule has 19 heavy (non-hydrogen) atoms. The van der Waals surface area contributed by atoms with Gasteiger partial charge in [0.1, 0.15) is 0 Å². The molecular weight excluding hydrogens is 441 g/mol. The Morgan fingerprint density at radius 2 is 2.05 bits per heavy atom. The van der Waals surface area contributed by atoms with E-state index in [2.05, 4.69) is 10.3 Å². The van der Waals surface area contributed by atoms with E-state index in [9.17, 15) is 10.1 Å². The number of hydrogen-bond donors (Lipinski definition) is 2. The third kappa shape index (κ3) is 3.47. The SMILES string of the molecule is O=[N+]([O-])c1c[c]([Pb])cnc1Nc1ccc(CO)cc1. The number of benzene rings is 1. The van der Waals surface area contributed by atoms with Gasteiger partial charge in [-0.15, -0.1) is 0 Å². The summed E-state index contributed by atoms with van der Waals surface area (Å²) in [6.45, 7) is -0.0339. The van der Waals surface area contributed by atoms with E-state index >= 15 is 0 Å². The van der Waals surface area contributed by atoms with Gasteiger partial charge in [-0.3, -0.25) is 0 Å². The number of nitrogens with one attached hydrogen (secondary N) is 1. The van der Waals surface area contributed by atoms with Crippen LogP contribution < -0.4 is 8.44 Å². The maximum atomic E-state index is 11.0. The van der Waals surface area contributed by atoms with E-state index in [4.69, 9.17) is 5.11 Å². The molecule has 0 spiro atoms. The first kappa shape index (κ1) is 13.9. The van der Waals surface area contributed by atoms with Crippen molar-refractivity contribution in [2.45, 2.75) is 6.61 Å². The molecule has 6 nitrogen and oxygen atoms in total. The third-order valence-corrected chi connectivity index (χ3v) is 3.53. The van der Waals surface area contributed by atoms with Crippen LogP contribution in [-0.2, 0) is 6.61 Å². The quantitative estimate of drug-likeness (QED) is 0.412. The molecule has 2 rings (SSSR count). The van der Waals surface area contributed by atoms with Crippen LogP contribution in [0.2, 0.25) is 0 Å².